The van der Waals surface area contributed by atoms with Crippen molar-refractivity contribution in [2.45, 2.75) is 33.6 Å². The molecule has 5 heteroatoms. The molecule has 0 fully saturated rings. The van der Waals surface area contributed by atoms with Gasteiger partial charge < -0.3 is 14.8 Å². The van der Waals surface area contributed by atoms with Crippen molar-refractivity contribution >= 4 is 5.69 Å². The largest absolute Gasteiger partial charge is 0.421 e. The van der Waals surface area contributed by atoms with E-state index < -0.39 is 0 Å². The third kappa shape index (κ3) is 3.42. The Morgan fingerprint density at radius 2 is 1.90 bits per heavy atom. The number of benzene rings is 1. The van der Waals surface area contributed by atoms with E-state index in [1.165, 1.54) is 0 Å². The monoisotopic (exact) mass is 289 g/mol. The molecule has 1 heterocycles. The molecule has 0 aliphatic rings. The van der Waals surface area contributed by atoms with Crippen molar-refractivity contribution < 1.29 is 9.52 Å². The van der Waals surface area contributed by atoms with Crippen molar-refractivity contribution in [3.8, 4) is 11.5 Å². The van der Waals surface area contributed by atoms with E-state index in [0.717, 1.165) is 24.1 Å². The Bertz CT molecular complexity index is 568. The molecular formula is C16H23N3O2. The van der Waals surface area contributed by atoms with E-state index in [2.05, 4.69) is 29.4 Å². The predicted molar refractivity (Wildman–Crippen MR) is 83.1 cm³/mol. The number of aliphatic hydroxyl groups is 1. The summed E-state index contributed by atoms with van der Waals surface area (Å²) in [6, 6.07) is 7.85. The van der Waals surface area contributed by atoms with Crippen LogP contribution in [0.2, 0.25) is 0 Å². The van der Waals surface area contributed by atoms with Gasteiger partial charge in [-0.2, -0.15) is 0 Å². The maximum atomic E-state index is 9.66. The first kappa shape index (κ1) is 15.5. The molecule has 2 rings (SSSR count). The smallest absolute Gasteiger partial charge is 0.249 e. The molecule has 1 aromatic carbocycles. The minimum Gasteiger partial charge on any atom is -0.421 e. The van der Waals surface area contributed by atoms with Crippen molar-refractivity contribution in [1.29, 1.82) is 0 Å². The molecule has 5 nitrogen and oxygen atoms in total. The number of hydrogen-bond donors (Lipinski definition) is 2. The summed E-state index contributed by atoms with van der Waals surface area (Å²) in [5.74, 6) is 1.06. The minimum absolute atomic E-state index is 0.0993. The maximum Gasteiger partial charge on any atom is 0.249 e. The zero-order valence-corrected chi connectivity index (χ0v) is 12.9. The Kier molecular flexibility index (Phi) is 4.96. The number of hydrogen-bond acceptors (Lipinski definition) is 5. The fourth-order valence-corrected chi connectivity index (χ4v) is 2.29. The summed E-state index contributed by atoms with van der Waals surface area (Å²) in [6.07, 6.45) is 1.85. The van der Waals surface area contributed by atoms with Gasteiger partial charge in [0.1, 0.15) is 0 Å². The van der Waals surface area contributed by atoms with E-state index in [-0.39, 0.29) is 12.0 Å². The molecule has 0 atom stereocenters. The summed E-state index contributed by atoms with van der Waals surface area (Å²) < 4.78 is 5.51. The summed E-state index contributed by atoms with van der Waals surface area (Å²) in [4.78, 5) is 0. The average molecular weight is 289 g/mol. The van der Waals surface area contributed by atoms with Gasteiger partial charge in [0.05, 0.1) is 12.2 Å². The first-order valence-corrected chi connectivity index (χ1v) is 7.38. The standard InChI is InChI=1S/C16H23N3O2/c1-4-16(5-2,11-20)10-17-14-9-7-6-8-13(14)15-19-18-12(3)21-15/h6-9,17,20H,4-5,10-11H2,1-3H3. The van der Waals surface area contributed by atoms with Gasteiger partial charge >= 0.3 is 0 Å². The molecule has 0 amide bonds. The van der Waals surface area contributed by atoms with E-state index in [4.69, 9.17) is 4.42 Å². The number of aryl methyl sites for hydroxylation is 1. The van der Waals surface area contributed by atoms with Crippen LogP contribution < -0.4 is 5.32 Å². The van der Waals surface area contributed by atoms with E-state index in [1.54, 1.807) is 6.92 Å². The van der Waals surface area contributed by atoms with Crippen LogP contribution >= 0.6 is 0 Å². The Morgan fingerprint density at radius 1 is 1.19 bits per heavy atom. The van der Waals surface area contributed by atoms with Gasteiger partial charge in [0.25, 0.3) is 0 Å². The second kappa shape index (κ2) is 6.72. The van der Waals surface area contributed by atoms with Gasteiger partial charge in [-0.1, -0.05) is 26.0 Å². The SMILES string of the molecule is CCC(CC)(CO)CNc1ccccc1-c1nnc(C)o1. The van der Waals surface area contributed by atoms with Crippen LogP contribution in [0.5, 0.6) is 0 Å². The van der Waals surface area contributed by atoms with E-state index in [1.807, 2.05) is 24.3 Å². The molecule has 0 saturated heterocycles. The number of rotatable bonds is 7. The lowest BCUT2D eigenvalue weighted by Crippen LogP contribution is -2.32. The Hall–Kier alpha value is -1.88. The molecule has 0 spiro atoms. The zero-order chi connectivity index (χ0) is 15.3. The van der Waals surface area contributed by atoms with Crippen molar-refractivity contribution in [3.63, 3.8) is 0 Å². The summed E-state index contributed by atoms with van der Waals surface area (Å²) >= 11 is 0. The second-order valence-electron chi connectivity index (χ2n) is 5.39. The van der Waals surface area contributed by atoms with Crippen LogP contribution in [-0.4, -0.2) is 28.5 Å². The van der Waals surface area contributed by atoms with E-state index in [0.29, 0.717) is 18.3 Å². The highest BCUT2D eigenvalue weighted by Crippen LogP contribution is 2.30. The molecule has 2 aromatic rings. The lowest BCUT2D eigenvalue weighted by Gasteiger charge is -2.30. The molecule has 21 heavy (non-hydrogen) atoms. The zero-order valence-electron chi connectivity index (χ0n) is 12.9. The highest BCUT2D eigenvalue weighted by atomic mass is 16.4. The van der Waals surface area contributed by atoms with Crippen LogP contribution in [-0.2, 0) is 0 Å². The molecule has 0 unspecified atom stereocenters. The lowest BCUT2D eigenvalue weighted by molar-refractivity contribution is 0.127. The second-order valence-corrected chi connectivity index (χ2v) is 5.39. The van der Waals surface area contributed by atoms with Crippen LogP contribution in [0, 0.1) is 12.3 Å². The van der Waals surface area contributed by atoms with Crippen LogP contribution in [0.4, 0.5) is 5.69 Å². The highest BCUT2D eigenvalue weighted by Gasteiger charge is 2.25. The quantitative estimate of drug-likeness (QED) is 0.818. The lowest BCUT2D eigenvalue weighted by atomic mass is 9.83. The number of para-hydroxylation sites is 1. The number of anilines is 1. The molecule has 0 bridgehead atoms. The first-order valence-electron chi connectivity index (χ1n) is 7.38. The van der Waals surface area contributed by atoms with Crippen LogP contribution in [0.3, 0.4) is 0 Å². The summed E-state index contributed by atoms with van der Waals surface area (Å²) in [6.45, 7) is 6.87. The number of nitrogens with one attached hydrogen (secondary N) is 1. The third-order valence-electron chi connectivity index (χ3n) is 4.17. The topological polar surface area (TPSA) is 71.2 Å². The van der Waals surface area contributed by atoms with Crippen LogP contribution in [0.1, 0.15) is 32.6 Å². The molecule has 0 aliphatic heterocycles. The fraction of sp³-hybridized carbons (Fsp3) is 0.500. The predicted octanol–water partition coefficient (Wildman–Crippen LogP) is 3.26. The molecule has 0 aliphatic carbocycles. The highest BCUT2D eigenvalue weighted by molar-refractivity contribution is 5.72. The summed E-state index contributed by atoms with van der Waals surface area (Å²) in [5.41, 5.74) is 1.73. The Morgan fingerprint density at radius 3 is 2.48 bits per heavy atom. The van der Waals surface area contributed by atoms with Crippen molar-refractivity contribution in [1.82, 2.24) is 10.2 Å². The molecule has 0 saturated carbocycles. The molecule has 114 valence electrons. The first-order chi connectivity index (χ1) is 10.1. The van der Waals surface area contributed by atoms with Gasteiger partial charge in [-0.05, 0) is 25.0 Å². The Balaban J connectivity index is 2.21. The summed E-state index contributed by atoms with van der Waals surface area (Å²) in [7, 11) is 0. The van der Waals surface area contributed by atoms with Crippen LogP contribution in [0.15, 0.2) is 28.7 Å². The van der Waals surface area contributed by atoms with Crippen molar-refractivity contribution in [3.05, 3.63) is 30.2 Å². The molecule has 2 N–H and O–H groups in total. The van der Waals surface area contributed by atoms with Gasteiger partial charge in [0, 0.05) is 24.6 Å². The van der Waals surface area contributed by atoms with Gasteiger partial charge in [-0.15, -0.1) is 10.2 Å². The van der Waals surface area contributed by atoms with Gasteiger partial charge in [0.2, 0.25) is 11.8 Å². The average Bonchev–Trinajstić information content (AvgIpc) is 2.96. The Labute approximate surface area is 125 Å². The number of aliphatic hydroxyl groups excluding tert-OH is 1. The van der Waals surface area contributed by atoms with Gasteiger partial charge in [-0.3, -0.25) is 0 Å². The van der Waals surface area contributed by atoms with Crippen molar-refractivity contribution in [2.24, 2.45) is 5.41 Å². The van der Waals surface area contributed by atoms with E-state index in [9.17, 15) is 5.11 Å². The number of aromatic nitrogens is 2. The van der Waals surface area contributed by atoms with Gasteiger partial charge in [-0.25, -0.2) is 0 Å². The van der Waals surface area contributed by atoms with Gasteiger partial charge in [0.15, 0.2) is 0 Å². The fourth-order valence-electron chi connectivity index (χ4n) is 2.29. The third-order valence-corrected chi connectivity index (χ3v) is 4.17. The van der Waals surface area contributed by atoms with Crippen molar-refractivity contribution in [2.75, 3.05) is 18.5 Å². The van der Waals surface area contributed by atoms with E-state index >= 15 is 0 Å². The molecule has 0 radical (unpaired) electrons. The summed E-state index contributed by atoms with van der Waals surface area (Å²) in [5, 5.41) is 21.0. The van der Waals surface area contributed by atoms with Crippen LogP contribution in [0.25, 0.3) is 11.5 Å². The maximum absolute atomic E-state index is 9.66. The molecular weight excluding hydrogens is 266 g/mol. The number of nitrogens with zero attached hydrogens (tertiary/aromatic N) is 2. The molecule has 1 aromatic heterocycles. The normalized spacial score (nSPS) is 11.6. The minimum atomic E-state index is -0.0993.